The van der Waals surface area contributed by atoms with Gasteiger partial charge < -0.3 is 9.40 Å². The predicted molar refractivity (Wildman–Crippen MR) is 64.2 cm³/mol. The van der Waals surface area contributed by atoms with Gasteiger partial charge in [0.05, 0.1) is 6.26 Å². The van der Waals surface area contributed by atoms with E-state index in [1.54, 1.807) is 6.26 Å². The third-order valence-corrected chi connectivity index (χ3v) is 2.33. The molecule has 0 saturated carbocycles. The number of fused-ring (bicyclic) bond motifs is 2. The van der Waals surface area contributed by atoms with Gasteiger partial charge in [-0.15, -0.1) is 0 Å². The van der Waals surface area contributed by atoms with E-state index in [4.69, 9.17) is 4.42 Å². The molecule has 3 rings (SSSR count). The molecule has 3 aromatic rings. The Balaban J connectivity index is 0.000000404. The Morgan fingerprint density at radius 2 is 1.87 bits per heavy atom. The summed E-state index contributed by atoms with van der Waals surface area (Å²) in [5.41, 5.74) is 3.26. The van der Waals surface area contributed by atoms with Gasteiger partial charge in [-0.2, -0.15) is 0 Å². The quantitative estimate of drug-likeness (QED) is 0.578. The molecule has 1 aromatic carbocycles. The maximum atomic E-state index is 5.32. The first-order valence-electron chi connectivity index (χ1n) is 5.29. The summed E-state index contributed by atoms with van der Waals surface area (Å²) in [4.78, 5) is 3.28. The predicted octanol–water partition coefficient (Wildman–Crippen LogP) is 4.25. The van der Waals surface area contributed by atoms with Crippen LogP contribution in [0, 0.1) is 6.92 Å². The van der Waals surface area contributed by atoms with E-state index in [0.29, 0.717) is 0 Å². The van der Waals surface area contributed by atoms with Crippen molar-refractivity contribution in [2.75, 3.05) is 0 Å². The Labute approximate surface area is 88.9 Å². The van der Waals surface area contributed by atoms with Crippen molar-refractivity contribution in [1.82, 2.24) is 4.98 Å². The average molecular weight is 201 g/mol. The molecular weight excluding hydrogens is 186 g/mol. The molecule has 0 bridgehead atoms. The van der Waals surface area contributed by atoms with Gasteiger partial charge in [-0.1, -0.05) is 13.8 Å². The van der Waals surface area contributed by atoms with Crippen LogP contribution in [0.2, 0.25) is 0 Å². The Kier molecular flexibility index (Phi) is 2.50. The van der Waals surface area contributed by atoms with E-state index in [-0.39, 0.29) is 0 Å². The zero-order valence-electron chi connectivity index (χ0n) is 9.29. The van der Waals surface area contributed by atoms with Gasteiger partial charge in [0.15, 0.2) is 0 Å². The lowest BCUT2D eigenvalue weighted by molar-refractivity contribution is 0.616. The van der Waals surface area contributed by atoms with Crippen molar-refractivity contribution >= 4 is 21.9 Å². The second-order valence-electron chi connectivity index (χ2n) is 3.35. The normalized spacial score (nSPS) is 10.3. The molecule has 0 unspecified atom stereocenters. The number of aryl methyl sites for hydroxylation is 1. The highest BCUT2D eigenvalue weighted by atomic mass is 16.3. The van der Waals surface area contributed by atoms with E-state index in [2.05, 4.69) is 24.0 Å². The highest BCUT2D eigenvalue weighted by molar-refractivity contribution is 5.94. The molecule has 2 aromatic heterocycles. The van der Waals surface area contributed by atoms with E-state index in [1.165, 1.54) is 11.1 Å². The summed E-state index contributed by atoms with van der Waals surface area (Å²) in [6.45, 7) is 6.06. The smallest absolute Gasteiger partial charge is 0.135 e. The summed E-state index contributed by atoms with van der Waals surface area (Å²) in [6.07, 6.45) is 1.72. The molecule has 2 heterocycles. The summed E-state index contributed by atoms with van der Waals surface area (Å²) >= 11 is 0. The molecule has 1 N–H and O–H groups in total. The molecule has 0 fully saturated rings. The van der Waals surface area contributed by atoms with Crippen molar-refractivity contribution in [1.29, 1.82) is 0 Å². The first kappa shape index (κ1) is 9.84. The van der Waals surface area contributed by atoms with Gasteiger partial charge in [-0.25, -0.2) is 0 Å². The maximum absolute atomic E-state index is 5.32. The number of aromatic nitrogens is 1. The van der Waals surface area contributed by atoms with Crippen LogP contribution < -0.4 is 0 Å². The highest BCUT2D eigenvalue weighted by Crippen LogP contribution is 2.23. The number of nitrogens with one attached hydrogen (secondary N) is 1. The zero-order chi connectivity index (χ0) is 10.8. The van der Waals surface area contributed by atoms with Gasteiger partial charge in [0.25, 0.3) is 0 Å². The van der Waals surface area contributed by atoms with Crippen molar-refractivity contribution in [2.24, 2.45) is 0 Å². The van der Waals surface area contributed by atoms with Crippen LogP contribution in [-0.4, -0.2) is 4.98 Å². The molecule has 0 atom stereocenters. The Bertz CT molecular complexity index is 526. The molecular formula is C13H15NO. The largest absolute Gasteiger partial charge is 0.464 e. The Hall–Kier alpha value is -1.70. The van der Waals surface area contributed by atoms with Crippen molar-refractivity contribution in [3.8, 4) is 0 Å². The molecule has 0 aliphatic heterocycles. The third-order valence-electron chi connectivity index (χ3n) is 2.33. The topological polar surface area (TPSA) is 28.9 Å². The first-order chi connectivity index (χ1) is 7.33. The number of hydrogen-bond acceptors (Lipinski definition) is 1. The molecule has 2 heteroatoms. The zero-order valence-corrected chi connectivity index (χ0v) is 9.29. The molecule has 0 saturated heterocycles. The monoisotopic (exact) mass is 201 g/mol. The minimum atomic E-state index is 0.939. The van der Waals surface area contributed by atoms with Crippen LogP contribution in [0.1, 0.15) is 19.5 Å². The van der Waals surface area contributed by atoms with E-state index in [9.17, 15) is 0 Å². The van der Waals surface area contributed by atoms with E-state index >= 15 is 0 Å². The fraction of sp³-hybridized carbons (Fsp3) is 0.231. The lowest BCUT2D eigenvalue weighted by Crippen LogP contribution is -1.68. The standard InChI is InChI=1S/C11H9NO.C2H6/c1-7-4-9-5-8-2-3-13-11(8)6-10(9)12-7;1-2/h2-6,12H,1H3;1-2H3. The van der Waals surface area contributed by atoms with Crippen molar-refractivity contribution < 1.29 is 4.42 Å². The van der Waals surface area contributed by atoms with Crippen LogP contribution in [0.4, 0.5) is 0 Å². The fourth-order valence-corrected chi connectivity index (χ4v) is 1.74. The van der Waals surface area contributed by atoms with Crippen LogP contribution in [0.3, 0.4) is 0 Å². The van der Waals surface area contributed by atoms with Crippen LogP contribution in [-0.2, 0) is 0 Å². The molecule has 0 aliphatic rings. The molecule has 0 amide bonds. The van der Waals surface area contributed by atoms with E-state index < -0.39 is 0 Å². The van der Waals surface area contributed by atoms with Crippen LogP contribution >= 0.6 is 0 Å². The SMILES string of the molecule is CC.Cc1cc2cc3ccoc3cc2[nH]1. The summed E-state index contributed by atoms with van der Waals surface area (Å²) in [6, 6.07) is 8.30. The van der Waals surface area contributed by atoms with Gasteiger partial charge in [0.1, 0.15) is 5.58 Å². The van der Waals surface area contributed by atoms with Gasteiger partial charge in [0, 0.05) is 28.0 Å². The van der Waals surface area contributed by atoms with Crippen molar-refractivity contribution in [3.63, 3.8) is 0 Å². The van der Waals surface area contributed by atoms with Crippen molar-refractivity contribution in [2.45, 2.75) is 20.8 Å². The Morgan fingerprint density at radius 3 is 2.67 bits per heavy atom. The number of H-pyrrole nitrogens is 1. The summed E-state index contributed by atoms with van der Waals surface area (Å²) in [5.74, 6) is 0. The first-order valence-corrected chi connectivity index (χ1v) is 5.29. The third kappa shape index (κ3) is 1.63. The van der Waals surface area contributed by atoms with Crippen molar-refractivity contribution in [3.05, 3.63) is 36.2 Å². The maximum Gasteiger partial charge on any atom is 0.135 e. The number of aromatic amines is 1. The molecule has 0 spiro atoms. The number of benzene rings is 1. The molecule has 2 nitrogen and oxygen atoms in total. The molecule has 0 radical (unpaired) electrons. The summed E-state index contributed by atoms with van der Waals surface area (Å²) < 4.78 is 5.32. The number of furan rings is 1. The minimum absolute atomic E-state index is 0.939. The van der Waals surface area contributed by atoms with Crippen LogP contribution in [0.5, 0.6) is 0 Å². The lowest BCUT2D eigenvalue weighted by Gasteiger charge is -1.89. The molecule has 15 heavy (non-hydrogen) atoms. The van der Waals surface area contributed by atoms with E-state index in [0.717, 1.165) is 16.5 Å². The highest BCUT2D eigenvalue weighted by Gasteiger charge is 2.01. The molecule has 78 valence electrons. The van der Waals surface area contributed by atoms with Gasteiger partial charge in [0.2, 0.25) is 0 Å². The second kappa shape index (κ2) is 3.81. The minimum Gasteiger partial charge on any atom is -0.464 e. The van der Waals surface area contributed by atoms with E-state index in [1.807, 2.05) is 26.0 Å². The second-order valence-corrected chi connectivity index (χ2v) is 3.35. The van der Waals surface area contributed by atoms with Gasteiger partial charge in [-0.05, 0) is 25.1 Å². The van der Waals surface area contributed by atoms with Crippen LogP contribution in [0.15, 0.2) is 34.9 Å². The molecule has 0 aliphatic carbocycles. The summed E-state index contributed by atoms with van der Waals surface area (Å²) in [7, 11) is 0. The Morgan fingerprint density at radius 1 is 1.07 bits per heavy atom. The van der Waals surface area contributed by atoms with Crippen LogP contribution in [0.25, 0.3) is 21.9 Å². The van der Waals surface area contributed by atoms with Gasteiger partial charge in [-0.3, -0.25) is 0 Å². The number of hydrogen-bond donors (Lipinski definition) is 1. The lowest BCUT2D eigenvalue weighted by atomic mass is 10.2. The van der Waals surface area contributed by atoms with Gasteiger partial charge >= 0.3 is 0 Å². The average Bonchev–Trinajstić information content (AvgIpc) is 2.81. The fourth-order valence-electron chi connectivity index (χ4n) is 1.74. The summed E-state index contributed by atoms with van der Waals surface area (Å²) in [5, 5.41) is 2.40. The number of rotatable bonds is 0.